The maximum atomic E-state index is 12.4. The molecule has 52 heavy (non-hydrogen) atoms. The second-order valence-corrected chi connectivity index (χ2v) is 15.9. The molecule has 2 N–H and O–H groups in total. The Balaban J connectivity index is 3.91. The van der Waals surface area contributed by atoms with Gasteiger partial charge >= 0.3 is 19.8 Å². The normalized spacial score (nSPS) is 12.6. The summed E-state index contributed by atoms with van der Waals surface area (Å²) in [4.78, 5) is 42.8. The lowest BCUT2D eigenvalue weighted by Gasteiger charge is -2.18. The number of phosphoric acid groups is 1. The van der Waals surface area contributed by atoms with E-state index in [4.69, 9.17) is 19.3 Å². The summed E-state index contributed by atoms with van der Waals surface area (Å²) in [5.74, 6) is -0.905. The lowest BCUT2D eigenvalue weighted by Crippen LogP contribution is -2.29. The molecule has 0 aliphatic carbocycles. The Kier molecular flexibility index (Phi) is 38.1. The van der Waals surface area contributed by atoms with E-state index in [0.717, 1.165) is 38.5 Å². The van der Waals surface area contributed by atoms with Crippen molar-refractivity contribution in [3.8, 4) is 0 Å². The molecule has 0 rings (SSSR count). The van der Waals surface area contributed by atoms with Crippen LogP contribution in [0.2, 0.25) is 0 Å². The number of allylic oxidation sites excluding steroid dienone is 4. The molecule has 0 fully saturated rings. The fourth-order valence-electron chi connectivity index (χ4n) is 6.19. The van der Waals surface area contributed by atoms with E-state index in [-0.39, 0.29) is 19.4 Å². The third-order valence-corrected chi connectivity index (χ3v) is 9.93. The van der Waals surface area contributed by atoms with Crippen LogP contribution in [0.3, 0.4) is 0 Å². The van der Waals surface area contributed by atoms with Crippen molar-refractivity contribution in [2.75, 3.05) is 13.2 Å². The van der Waals surface area contributed by atoms with Crippen molar-refractivity contribution in [3.63, 3.8) is 0 Å². The van der Waals surface area contributed by atoms with Crippen LogP contribution in [0.15, 0.2) is 24.3 Å². The summed E-state index contributed by atoms with van der Waals surface area (Å²) < 4.78 is 26.4. The Bertz CT molecular complexity index is 900. The molecule has 0 aromatic carbocycles. The largest absolute Gasteiger partial charge is 0.469 e. The van der Waals surface area contributed by atoms with Gasteiger partial charge in [-0.25, -0.2) is 4.57 Å². The van der Waals surface area contributed by atoms with Crippen LogP contribution in [-0.4, -0.2) is 41.0 Å². The number of hydrogen-bond acceptors (Lipinski definition) is 6. The molecule has 0 aliphatic rings. The van der Waals surface area contributed by atoms with Crippen molar-refractivity contribution in [2.24, 2.45) is 0 Å². The summed E-state index contributed by atoms with van der Waals surface area (Å²) in [6.45, 7) is 3.68. The molecule has 0 saturated carbocycles. The van der Waals surface area contributed by atoms with Gasteiger partial charge < -0.3 is 19.3 Å². The lowest BCUT2D eigenvalue weighted by molar-refractivity contribution is -0.161. The Hall–Kier alpha value is -1.47. The summed E-state index contributed by atoms with van der Waals surface area (Å²) in [7, 11) is -4.76. The number of phosphoric ester groups is 1. The van der Waals surface area contributed by atoms with Crippen LogP contribution in [0.4, 0.5) is 0 Å². The van der Waals surface area contributed by atoms with Crippen molar-refractivity contribution in [1.82, 2.24) is 0 Å². The van der Waals surface area contributed by atoms with Crippen molar-refractivity contribution in [2.45, 2.75) is 225 Å². The predicted molar refractivity (Wildman–Crippen MR) is 216 cm³/mol. The summed E-state index contributed by atoms with van der Waals surface area (Å²) >= 11 is 0. The average Bonchev–Trinajstić information content (AvgIpc) is 3.11. The van der Waals surface area contributed by atoms with Gasteiger partial charge in [-0.2, -0.15) is 0 Å². The monoisotopic (exact) mass is 757 g/mol. The first-order valence-electron chi connectivity index (χ1n) is 21.6. The van der Waals surface area contributed by atoms with E-state index in [1.165, 1.54) is 141 Å². The van der Waals surface area contributed by atoms with Crippen LogP contribution in [0, 0.1) is 0 Å². The molecular weight excluding hydrogens is 675 g/mol. The van der Waals surface area contributed by atoms with Gasteiger partial charge in [0.15, 0.2) is 6.10 Å². The van der Waals surface area contributed by atoms with E-state index in [2.05, 4.69) is 42.7 Å². The minimum atomic E-state index is -4.76. The number of carbonyl (C=O) groups excluding carboxylic acids is 2. The Morgan fingerprint density at radius 1 is 0.481 bits per heavy atom. The van der Waals surface area contributed by atoms with E-state index < -0.39 is 32.5 Å². The molecule has 9 heteroatoms. The quantitative estimate of drug-likeness (QED) is 0.0274. The van der Waals surface area contributed by atoms with E-state index in [1.807, 2.05) is 0 Å². The fourth-order valence-corrected chi connectivity index (χ4v) is 6.55. The highest BCUT2D eigenvalue weighted by Crippen LogP contribution is 2.36. The lowest BCUT2D eigenvalue weighted by atomic mass is 10.1. The third-order valence-electron chi connectivity index (χ3n) is 9.44. The molecular formula is C43H81O8P. The summed E-state index contributed by atoms with van der Waals surface area (Å²) in [6, 6.07) is 0. The van der Waals surface area contributed by atoms with Crippen molar-refractivity contribution in [1.29, 1.82) is 0 Å². The minimum Gasteiger partial charge on any atom is -0.462 e. The Morgan fingerprint density at radius 3 is 1.21 bits per heavy atom. The van der Waals surface area contributed by atoms with Gasteiger partial charge in [0.1, 0.15) is 6.61 Å². The number of ether oxygens (including phenoxy) is 2. The molecule has 0 saturated heterocycles. The molecule has 0 bridgehead atoms. The summed E-state index contributed by atoms with van der Waals surface area (Å²) in [5, 5.41) is 0. The smallest absolute Gasteiger partial charge is 0.462 e. The van der Waals surface area contributed by atoms with Gasteiger partial charge in [0.05, 0.1) is 6.61 Å². The first-order valence-corrected chi connectivity index (χ1v) is 23.2. The fraction of sp³-hybridized carbons (Fsp3) is 0.860. The van der Waals surface area contributed by atoms with Gasteiger partial charge in [0, 0.05) is 12.8 Å². The van der Waals surface area contributed by atoms with Gasteiger partial charge in [-0.3, -0.25) is 14.1 Å². The highest BCUT2D eigenvalue weighted by atomic mass is 31.2. The van der Waals surface area contributed by atoms with Gasteiger partial charge in [0.25, 0.3) is 0 Å². The number of hydrogen-bond donors (Lipinski definition) is 2. The molecule has 306 valence electrons. The second-order valence-electron chi connectivity index (χ2n) is 14.7. The highest BCUT2D eigenvalue weighted by molar-refractivity contribution is 7.46. The molecule has 0 heterocycles. The zero-order valence-electron chi connectivity index (χ0n) is 33.7. The first kappa shape index (κ1) is 50.5. The topological polar surface area (TPSA) is 119 Å². The number of unbranched alkanes of at least 4 members (excludes halogenated alkanes) is 26. The SMILES string of the molecule is CCCCCCCC/C=C/CCCCCCCCCCCC(=O)O[C@H](COC(=O)CCCC/C=C/CCCCCCCCCCC)COP(=O)(O)O. The molecule has 0 radical (unpaired) electrons. The van der Waals surface area contributed by atoms with Crippen LogP contribution in [0.1, 0.15) is 219 Å². The van der Waals surface area contributed by atoms with E-state index >= 15 is 0 Å². The molecule has 1 atom stereocenters. The van der Waals surface area contributed by atoms with Crippen molar-refractivity contribution >= 4 is 19.8 Å². The Morgan fingerprint density at radius 2 is 0.808 bits per heavy atom. The second kappa shape index (κ2) is 39.2. The molecule has 0 aromatic heterocycles. The highest BCUT2D eigenvalue weighted by Gasteiger charge is 2.22. The average molecular weight is 757 g/mol. The maximum Gasteiger partial charge on any atom is 0.469 e. The van der Waals surface area contributed by atoms with Crippen LogP contribution in [0.5, 0.6) is 0 Å². The molecule has 8 nitrogen and oxygen atoms in total. The zero-order chi connectivity index (χ0) is 38.2. The van der Waals surface area contributed by atoms with Crippen LogP contribution in [0.25, 0.3) is 0 Å². The van der Waals surface area contributed by atoms with E-state index in [0.29, 0.717) is 12.8 Å². The third kappa shape index (κ3) is 41.3. The van der Waals surface area contributed by atoms with E-state index in [9.17, 15) is 14.2 Å². The van der Waals surface area contributed by atoms with Gasteiger partial charge in [0.2, 0.25) is 0 Å². The summed E-state index contributed by atoms with van der Waals surface area (Å²) in [6.07, 6.45) is 44.7. The molecule has 0 amide bonds. The number of esters is 2. The van der Waals surface area contributed by atoms with Crippen LogP contribution < -0.4 is 0 Å². The first-order chi connectivity index (χ1) is 25.3. The molecule has 0 aromatic rings. The zero-order valence-corrected chi connectivity index (χ0v) is 34.6. The number of carbonyl (C=O) groups is 2. The van der Waals surface area contributed by atoms with E-state index in [1.54, 1.807) is 0 Å². The van der Waals surface area contributed by atoms with Gasteiger partial charge in [-0.1, -0.05) is 167 Å². The standard InChI is InChI=1S/C43H81O8P/c1-3-5-7-9-11-13-15-17-19-20-21-22-24-26-28-30-32-34-36-38-43(45)51-41(40-50-52(46,47)48)39-49-42(44)37-35-33-31-29-27-25-23-18-16-14-12-10-8-6-4-2/h17,19,27,29,41H,3-16,18,20-26,28,30-40H2,1-2H3,(H2,46,47,48)/b19-17+,29-27+/t41-/m1/s1. The predicted octanol–water partition coefficient (Wildman–Crippen LogP) is 13.2. The Labute approximate surface area is 319 Å². The molecule has 0 aliphatic heterocycles. The van der Waals surface area contributed by atoms with Crippen LogP contribution in [-0.2, 0) is 28.2 Å². The van der Waals surface area contributed by atoms with Gasteiger partial charge in [-0.05, 0) is 64.2 Å². The maximum absolute atomic E-state index is 12.4. The molecule has 0 unspecified atom stereocenters. The number of rotatable bonds is 40. The van der Waals surface area contributed by atoms with Crippen molar-refractivity contribution < 1.29 is 37.9 Å². The van der Waals surface area contributed by atoms with Crippen molar-refractivity contribution in [3.05, 3.63) is 24.3 Å². The van der Waals surface area contributed by atoms with Gasteiger partial charge in [-0.15, -0.1) is 0 Å². The minimum absolute atomic E-state index is 0.208. The molecule has 0 spiro atoms. The van der Waals surface area contributed by atoms with Crippen LogP contribution >= 0.6 is 7.82 Å². The summed E-state index contributed by atoms with van der Waals surface area (Å²) in [5.41, 5.74) is 0.